The van der Waals surface area contributed by atoms with E-state index in [0.29, 0.717) is 20.5 Å². The molecule has 1 N–H and O–H groups in total. The first-order valence-corrected chi connectivity index (χ1v) is 7.07. The quantitative estimate of drug-likeness (QED) is 0.856. The van der Waals surface area contributed by atoms with Crippen molar-refractivity contribution < 1.29 is 9.15 Å². The van der Waals surface area contributed by atoms with Crippen LogP contribution < -0.4 is 10.1 Å². The van der Waals surface area contributed by atoms with Gasteiger partial charge >= 0.3 is 0 Å². The monoisotopic (exact) mass is 363 g/mol. The summed E-state index contributed by atoms with van der Waals surface area (Å²) >= 11 is 15.7. The Hall–Kier alpha value is -0.680. The van der Waals surface area contributed by atoms with Gasteiger partial charge in [-0.1, -0.05) is 23.2 Å². The molecule has 1 heterocycles. The first-order chi connectivity index (χ1) is 9.06. The summed E-state index contributed by atoms with van der Waals surface area (Å²) in [5.74, 6) is 1.29. The first-order valence-electron chi connectivity index (χ1n) is 5.52. The second-order valence-electron chi connectivity index (χ2n) is 3.87. The number of hydrogen-bond acceptors (Lipinski definition) is 3. The van der Waals surface area contributed by atoms with E-state index >= 15 is 0 Å². The highest BCUT2D eigenvalue weighted by molar-refractivity contribution is 9.10. The maximum Gasteiger partial charge on any atom is 0.169 e. The fraction of sp³-hybridized carbons (Fsp3) is 0.231. The Kier molecular flexibility index (Phi) is 4.79. The van der Waals surface area contributed by atoms with E-state index in [-0.39, 0.29) is 6.04 Å². The lowest BCUT2D eigenvalue weighted by atomic mass is 10.0. The molecule has 0 bridgehead atoms. The highest BCUT2D eigenvalue weighted by atomic mass is 79.9. The van der Waals surface area contributed by atoms with Crippen molar-refractivity contribution in [1.29, 1.82) is 0 Å². The van der Waals surface area contributed by atoms with Gasteiger partial charge in [-0.3, -0.25) is 0 Å². The van der Waals surface area contributed by atoms with Crippen LogP contribution >= 0.6 is 39.1 Å². The van der Waals surface area contributed by atoms with E-state index in [1.807, 2.05) is 19.2 Å². The summed E-state index contributed by atoms with van der Waals surface area (Å²) in [6, 6.07) is 7.00. The Morgan fingerprint density at radius 2 is 2.00 bits per heavy atom. The summed E-state index contributed by atoms with van der Waals surface area (Å²) in [7, 11) is 3.38. The number of rotatable bonds is 4. The molecule has 1 unspecified atom stereocenters. The number of halogens is 3. The van der Waals surface area contributed by atoms with Gasteiger partial charge in [-0.2, -0.15) is 0 Å². The zero-order valence-electron chi connectivity index (χ0n) is 10.3. The van der Waals surface area contributed by atoms with Crippen LogP contribution in [0.3, 0.4) is 0 Å². The molecular formula is C13H12BrCl2NO2. The topological polar surface area (TPSA) is 34.4 Å². The molecule has 0 saturated carbocycles. The lowest BCUT2D eigenvalue weighted by Crippen LogP contribution is -2.17. The van der Waals surface area contributed by atoms with Crippen molar-refractivity contribution in [2.45, 2.75) is 6.04 Å². The first kappa shape index (κ1) is 14.7. The van der Waals surface area contributed by atoms with Gasteiger partial charge in [0.2, 0.25) is 0 Å². The van der Waals surface area contributed by atoms with E-state index in [2.05, 4.69) is 21.2 Å². The van der Waals surface area contributed by atoms with Crippen LogP contribution in [0.4, 0.5) is 0 Å². The van der Waals surface area contributed by atoms with Crippen molar-refractivity contribution in [2.75, 3.05) is 14.2 Å². The third-order valence-electron chi connectivity index (χ3n) is 2.75. The van der Waals surface area contributed by atoms with Crippen LogP contribution in [-0.2, 0) is 0 Å². The van der Waals surface area contributed by atoms with Crippen LogP contribution in [0.5, 0.6) is 5.75 Å². The molecule has 0 aliphatic carbocycles. The molecule has 19 heavy (non-hydrogen) atoms. The van der Waals surface area contributed by atoms with Crippen LogP contribution in [-0.4, -0.2) is 14.2 Å². The van der Waals surface area contributed by atoms with E-state index in [0.717, 1.165) is 11.3 Å². The highest BCUT2D eigenvalue weighted by Crippen LogP contribution is 2.36. The maximum absolute atomic E-state index is 6.28. The summed E-state index contributed by atoms with van der Waals surface area (Å²) in [5.41, 5.74) is 0.830. The fourth-order valence-electron chi connectivity index (χ4n) is 1.86. The molecule has 0 spiro atoms. The minimum atomic E-state index is -0.179. The van der Waals surface area contributed by atoms with Gasteiger partial charge in [-0.05, 0) is 46.7 Å². The van der Waals surface area contributed by atoms with Crippen molar-refractivity contribution >= 4 is 39.1 Å². The number of ether oxygens (including phenoxy) is 1. The average Bonchev–Trinajstić information content (AvgIpc) is 2.80. The molecule has 0 aliphatic rings. The normalized spacial score (nSPS) is 12.5. The minimum Gasteiger partial charge on any atom is -0.495 e. The number of nitrogens with one attached hydrogen (secondary N) is 1. The molecular weight excluding hydrogens is 353 g/mol. The van der Waals surface area contributed by atoms with Gasteiger partial charge in [0.1, 0.15) is 11.5 Å². The molecule has 0 fully saturated rings. The van der Waals surface area contributed by atoms with Crippen molar-refractivity contribution in [2.24, 2.45) is 0 Å². The number of hydrogen-bond donors (Lipinski definition) is 1. The molecule has 2 rings (SSSR count). The molecule has 102 valence electrons. The maximum atomic E-state index is 6.28. The van der Waals surface area contributed by atoms with E-state index in [1.165, 1.54) is 0 Å². The van der Waals surface area contributed by atoms with Crippen molar-refractivity contribution in [3.63, 3.8) is 0 Å². The van der Waals surface area contributed by atoms with Crippen molar-refractivity contribution in [3.8, 4) is 5.75 Å². The molecule has 6 heteroatoms. The van der Waals surface area contributed by atoms with E-state index in [4.69, 9.17) is 32.4 Å². The van der Waals surface area contributed by atoms with E-state index < -0.39 is 0 Å². The second kappa shape index (κ2) is 6.18. The molecule has 0 aliphatic heterocycles. The standard InChI is InChI=1S/C13H12BrCl2NO2/c1-17-13(10-3-4-12(14)19-10)7-5-9(16)11(18-2)6-8(7)15/h3-6,13,17H,1-2H3. The molecule has 1 atom stereocenters. The van der Waals surface area contributed by atoms with Crippen LogP contribution in [0, 0.1) is 0 Å². The molecule has 0 saturated heterocycles. The van der Waals surface area contributed by atoms with Gasteiger partial charge in [0.15, 0.2) is 4.67 Å². The number of methoxy groups -OCH3 is 1. The van der Waals surface area contributed by atoms with Gasteiger partial charge in [0.05, 0.1) is 18.2 Å². The lowest BCUT2D eigenvalue weighted by molar-refractivity contribution is 0.414. The molecule has 3 nitrogen and oxygen atoms in total. The van der Waals surface area contributed by atoms with E-state index in [1.54, 1.807) is 19.2 Å². The van der Waals surface area contributed by atoms with E-state index in [9.17, 15) is 0 Å². The smallest absolute Gasteiger partial charge is 0.169 e. The van der Waals surface area contributed by atoms with Crippen LogP contribution in [0.15, 0.2) is 33.4 Å². The Balaban J connectivity index is 2.47. The van der Waals surface area contributed by atoms with Gasteiger partial charge in [0, 0.05) is 11.1 Å². The Morgan fingerprint density at radius 3 is 2.53 bits per heavy atom. The largest absolute Gasteiger partial charge is 0.495 e. The average molecular weight is 365 g/mol. The zero-order chi connectivity index (χ0) is 14.0. The lowest BCUT2D eigenvalue weighted by Gasteiger charge is -2.17. The number of furan rings is 1. The van der Waals surface area contributed by atoms with Crippen molar-refractivity contribution in [3.05, 3.63) is 50.3 Å². The minimum absolute atomic E-state index is 0.179. The SMILES string of the molecule is CNC(c1ccc(Br)o1)c1cc(Cl)c(OC)cc1Cl. The molecule has 1 aromatic carbocycles. The summed E-state index contributed by atoms with van der Waals surface area (Å²) in [6.07, 6.45) is 0. The van der Waals surface area contributed by atoms with Crippen LogP contribution in [0.2, 0.25) is 10.0 Å². The third-order valence-corrected chi connectivity index (χ3v) is 3.80. The zero-order valence-corrected chi connectivity index (χ0v) is 13.4. The second-order valence-corrected chi connectivity index (χ2v) is 5.47. The van der Waals surface area contributed by atoms with Gasteiger partial charge in [-0.15, -0.1) is 0 Å². The molecule has 0 radical (unpaired) electrons. The molecule has 0 amide bonds. The summed E-state index contributed by atoms with van der Waals surface area (Å²) in [5, 5.41) is 4.23. The Bertz CT molecular complexity index is 586. The predicted octanol–water partition coefficient (Wildman–Crippen LogP) is 4.67. The molecule has 2 aromatic rings. The summed E-state index contributed by atoms with van der Waals surface area (Å²) in [4.78, 5) is 0. The van der Waals surface area contributed by atoms with Gasteiger partial charge in [0.25, 0.3) is 0 Å². The third kappa shape index (κ3) is 3.08. The Labute approximate surface area is 130 Å². The van der Waals surface area contributed by atoms with Gasteiger partial charge in [-0.25, -0.2) is 0 Å². The van der Waals surface area contributed by atoms with Crippen molar-refractivity contribution in [1.82, 2.24) is 5.32 Å². The molecule has 1 aromatic heterocycles. The fourth-order valence-corrected chi connectivity index (χ4v) is 2.69. The predicted molar refractivity (Wildman–Crippen MR) is 80.3 cm³/mol. The van der Waals surface area contributed by atoms with Gasteiger partial charge < -0.3 is 14.5 Å². The van der Waals surface area contributed by atoms with Crippen LogP contribution in [0.25, 0.3) is 0 Å². The van der Waals surface area contributed by atoms with Crippen LogP contribution in [0.1, 0.15) is 17.4 Å². The summed E-state index contributed by atoms with van der Waals surface area (Å²) < 4.78 is 11.4. The highest BCUT2D eigenvalue weighted by Gasteiger charge is 2.20. The Morgan fingerprint density at radius 1 is 1.26 bits per heavy atom. The number of benzene rings is 1. The summed E-state index contributed by atoms with van der Waals surface area (Å²) in [6.45, 7) is 0.